The van der Waals surface area contributed by atoms with Gasteiger partial charge in [-0.2, -0.15) is 0 Å². The number of methoxy groups -OCH3 is 1. The largest absolute Gasteiger partial charge is 0.495 e. The van der Waals surface area contributed by atoms with Gasteiger partial charge in [-0.1, -0.05) is 6.92 Å². The number of benzene rings is 1. The summed E-state index contributed by atoms with van der Waals surface area (Å²) in [5, 5.41) is 10.3. The van der Waals surface area contributed by atoms with E-state index in [0.717, 1.165) is 24.5 Å². The third kappa shape index (κ3) is 3.75. The van der Waals surface area contributed by atoms with Crippen molar-refractivity contribution in [3.63, 3.8) is 0 Å². The van der Waals surface area contributed by atoms with Crippen molar-refractivity contribution in [1.29, 1.82) is 0 Å². The highest BCUT2D eigenvalue weighted by molar-refractivity contribution is 5.95. The second-order valence-electron chi connectivity index (χ2n) is 7.25. The zero-order valence-corrected chi connectivity index (χ0v) is 15.3. The summed E-state index contributed by atoms with van der Waals surface area (Å²) in [6.07, 6.45) is 0.604. The minimum atomic E-state index is -0.699. The van der Waals surface area contributed by atoms with Crippen molar-refractivity contribution in [2.45, 2.75) is 25.9 Å². The molecule has 1 aromatic carbocycles. The summed E-state index contributed by atoms with van der Waals surface area (Å²) < 4.78 is 10.9. The predicted octanol–water partition coefficient (Wildman–Crippen LogP) is 1.76. The number of amides is 1. The number of carbonyl (C=O) groups is 1. The Morgan fingerprint density at radius 1 is 1.32 bits per heavy atom. The molecule has 0 saturated carbocycles. The third-order valence-electron chi connectivity index (χ3n) is 5.51. The molecule has 1 amide bonds. The van der Waals surface area contributed by atoms with E-state index < -0.39 is 5.60 Å². The van der Waals surface area contributed by atoms with Crippen LogP contribution in [0.1, 0.15) is 30.6 Å². The molecule has 138 valence electrons. The number of hydrogen-bond acceptors (Lipinski definition) is 5. The Morgan fingerprint density at radius 2 is 2.04 bits per heavy atom. The van der Waals surface area contributed by atoms with E-state index >= 15 is 0 Å². The molecule has 2 heterocycles. The first kappa shape index (κ1) is 18.0. The molecule has 3 rings (SSSR count). The standard InChI is InChI=1S/C19H28N2O4/c1-14-13-21(7-6-19(14,2)23)18(22)15-4-5-17(24-3)16(12-15)20-8-10-25-11-9-20/h4-5,12,14,23H,6-11,13H2,1-3H3/t14?,19-/m0/s1. The van der Waals surface area contributed by atoms with Crippen LogP contribution >= 0.6 is 0 Å². The number of piperidine rings is 1. The van der Waals surface area contributed by atoms with Crippen molar-refractivity contribution < 1.29 is 19.4 Å². The van der Waals surface area contributed by atoms with Gasteiger partial charge in [0.15, 0.2) is 0 Å². The SMILES string of the molecule is COc1ccc(C(=O)N2CC[C@](C)(O)C(C)C2)cc1N1CCOCC1. The molecule has 2 saturated heterocycles. The van der Waals surface area contributed by atoms with E-state index in [9.17, 15) is 9.90 Å². The van der Waals surface area contributed by atoms with Crippen molar-refractivity contribution in [1.82, 2.24) is 4.90 Å². The molecule has 1 N–H and O–H groups in total. The second-order valence-corrected chi connectivity index (χ2v) is 7.25. The molecule has 0 spiro atoms. The number of morpholine rings is 1. The van der Waals surface area contributed by atoms with Crippen LogP contribution in [0, 0.1) is 5.92 Å². The second kappa shape index (κ2) is 7.22. The quantitative estimate of drug-likeness (QED) is 0.902. The summed E-state index contributed by atoms with van der Waals surface area (Å²) in [4.78, 5) is 17.0. The lowest BCUT2D eigenvalue weighted by Gasteiger charge is -2.41. The average molecular weight is 348 g/mol. The van der Waals surface area contributed by atoms with E-state index in [1.165, 1.54) is 0 Å². The number of rotatable bonds is 3. The van der Waals surface area contributed by atoms with Crippen LogP contribution in [0.2, 0.25) is 0 Å². The van der Waals surface area contributed by atoms with Crippen LogP contribution in [0.25, 0.3) is 0 Å². The number of aliphatic hydroxyl groups is 1. The molecular weight excluding hydrogens is 320 g/mol. The van der Waals surface area contributed by atoms with Gasteiger partial charge in [-0.05, 0) is 31.5 Å². The Bertz CT molecular complexity index is 626. The number of hydrogen-bond donors (Lipinski definition) is 1. The Labute approximate surface area is 149 Å². The fourth-order valence-electron chi connectivity index (χ4n) is 3.47. The highest BCUT2D eigenvalue weighted by Crippen LogP contribution is 2.32. The van der Waals surface area contributed by atoms with Crippen molar-refractivity contribution in [2.75, 3.05) is 51.4 Å². The van der Waals surface area contributed by atoms with Gasteiger partial charge in [-0.15, -0.1) is 0 Å². The van der Waals surface area contributed by atoms with E-state index in [1.807, 2.05) is 36.9 Å². The van der Waals surface area contributed by atoms with E-state index in [1.54, 1.807) is 7.11 Å². The summed E-state index contributed by atoms with van der Waals surface area (Å²) in [7, 11) is 1.65. The molecule has 25 heavy (non-hydrogen) atoms. The van der Waals surface area contributed by atoms with Crippen LogP contribution in [0.4, 0.5) is 5.69 Å². The van der Waals surface area contributed by atoms with Gasteiger partial charge >= 0.3 is 0 Å². The maximum atomic E-state index is 13.0. The summed E-state index contributed by atoms with van der Waals surface area (Å²) in [5.41, 5.74) is 0.903. The molecule has 2 atom stereocenters. The van der Waals surface area contributed by atoms with E-state index in [-0.39, 0.29) is 11.8 Å². The van der Waals surface area contributed by atoms with Gasteiger partial charge in [-0.3, -0.25) is 4.79 Å². The Balaban J connectivity index is 1.81. The van der Waals surface area contributed by atoms with E-state index in [0.29, 0.717) is 38.3 Å². The topological polar surface area (TPSA) is 62.2 Å². The fraction of sp³-hybridized carbons (Fsp3) is 0.632. The summed E-state index contributed by atoms with van der Waals surface area (Å²) >= 11 is 0. The highest BCUT2D eigenvalue weighted by Gasteiger charge is 2.36. The van der Waals surface area contributed by atoms with E-state index in [4.69, 9.17) is 9.47 Å². The summed E-state index contributed by atoms with van der Waals surface area (Å²) in [6, 6.07) is 5.61. The van der Waals surface area contributed by atoms with Gasteiger partial charge in [0.05, 0.1) is 31.6 Å². The number of anilines is 1. The molecule has 1 unspecified atom stereocenters. The lowest BCUT2D eigenvalue weighted by Crippen LogP contribution is -2.50. The Kier molecular flexibility index (Phi) is 5.20. The van der Waals surface area contributed by atoms with Crippen molar-refractivity contribution in [2.24, 2.45) is 5.92 Å². The Morgan fingerprint density at radius 3 is 2.68 bits per heavy atom. The van der Waals surface area contributed by atoms with Crippen LogP contribution in [0.5, 0.6) is 5.75 Å². The summed E-state index contributed by atoms with van der Waals surface area (Å²) in [5.74, 6) is 0.843. The zero-order valence-electron chi connectivity index (χ0n) is 15.3. The lowest BCUT2D eigenvalue weighted by atomic mass is 9.84. The molecule has 0 aliphatic carbocycles. The third-order valence-corrected chi connectivity index (χ3v) is 5.51. The van der Waals surface area contributed by atoms with Gasteiger partial charge < -0.3 is 24.4 Å². The minimum absolute atomic E-state index is 0.0134. The number of nitrogens with zero attached hydrogens (tertiary/aromatic N) is 2. The number of carbonyl (C=O) groups excluding carboxylic acids is 1. The molecule has 6 nitrogen and oxygen atoms in total. The maximum Gasteiger partial charge on any atom is 0.253 e. The predicted molar refractivity (Wildman–Crippen MR) is 96.3 cm³/mol. The highest BCUT2D eigenvalue weighted by atomic mass is 16.5. The molecule has 2 fully saturated rings. The van der Waals surface area contributed by atoms with Gasteiger partial charge in [0, 0.05) is 37.7 Å². The van der Waals surface area contributed by atoms with Crippen molar-refractivity contribution in [3.05, 3.63) is 23.8 Å². The van der Waals surface area contributed by atoms with Crippen molar-refractivity contribution in [3.8, 4) is 5.75 Å². The Hall–Kier alpha value is -1.79. The molecule has 2 aliphatic heterocycles. The van der Waals surface area contributed by atoms with Crippen LogP contribution < -0.4 is 9.64 Å². The number of likely N-dealkylation sites (tertiary alicyclic amines) is 1. The molecule has 0 aromatic heterocycles. The first-order valence-electron chi connectivity index (χ1n) is 8.95. The van der Waals surface area contributed by atoms with Crippen LogP contribution in [-0.2, 0) is 4.74 Å². The molecule has 1 aromatic rings. The molecular formula is C19H28N2O4. The first-order chi connectivity index (χ1) is 11.9. The zero-order chi connectivity index (χ0) is 18.0. The summed E-state index contributed by atoms with van der Waals surface area (Å²) in [6.45, 7) is 7.94. The molecule has 0 bridgehead atoms. The smallest absolute Gasteiger partial charge is 0.253 e. The van der Waals surface area contributed by atoms with Gasteiger partial charge in [-0.25, -0.2) is 0 Å². The maximum absolute atomic E-state index is 13.0. The van der Waals surface area contributed by atoms with Gasteiger partial charge in [0.25, 0.3) is 5.91 Å². The number of ether oxygens (including phenoxy) is 2. The normalized spacial score (nSPS) is 27.3. The van der Waals surface area contributed by atoms with Crippen LogP contribution in [0.3, 0.4) is 0 Å². The van der Waals surface area contributed by atoms with Crippen molar-refractivity contribution >= 4 is 11.6 Å². The van der Waals surface area contributed by atoms with Gasteiger partial charge in [0.2, 0.25) is 0 Å². The molecule has 6 heteroatoms. The minimum Gasteiger partial charge on any atom is -0.495 e. The monoisotopic (exact) mass is 348 g/mol. The van der Waals surface area contributed by atoms with E-state index in [2.05, 4.69) is 4.90 Å². The van der Waals surface area contributed by atoms with Crippen LogP contribution in [-0.4, -0.2) is 68.0 Å². The molecule has 2 aliphatic rings. The lowest BCUT2D eigenvalue weighted by molar-refractivity contribution is -0.0439. The first-order valence-corrected chi connectivity index (χ1v) is 8.95. The molecule has 0 radical (unpaired) electrons. The average Bonchev–Trinajstić information content (AvgIpc) is 2.63. The van der Waals surface area contributed by atoms with Gasteiger partial charge in [0.1, 0.15) is 5.75 Å². The van der Waals surface area contributed by atoms with Crippen LogP contribution in [0.15, 0.2) is 18.2 Å². The fourth-order valence-corrected chi connectivity index (χ4v) is 3.47.